The topological polar surface area (TPSA) is 64.0 Å². The average molecular weight is 434 g/mol. The minimum Gasteiger partial charge on any atom is -0.305 e. The summed E-state index contributed by atoms with van der Waals surface area (Å²) in [5, 5.41) is 7.49. The summed E-state index contributed by atoms with van der Waals surface area (Å²) in [6.07, 6.45) is 1.65. The Bertz CT molecular complexity index is 1250. The predicted molar refractivity (Wildman–Crippen MR) is 117 cm³/mol. The van der Waals surface area contributed by atoms with Crippen LogP contribution in [0.1, 0.15) is 31.8 Å². The summed E-state index contributed by atoms with van der Waals surface area (Å²) in [5.41, 5.74) is 1.42. The largest absolute Gasteiger partial charge is 0.305 e. The van der Waals surface area contributed by atoms with E-state index in [4.69, 9.17) is 11.6 Å². The quantitative estimate of drug-likeness (QED) is 0.425. The monoisotopic (exact) mass is 433 g/mol. The first-order valence-electron chi connectivity index (χ1n) is 9.49. The average Bonchev–Trinajstić information content (AvgIpc) is 3.22. The molecule has 1 amide bonds. The Kier molecular flexibility index (Phi) is 5.91. The summed E-state index contributed by atoms with van der Waals surface area (Å²) in [7, 11) is 0. The van der Waals surface area contributed by atoms with E-state index in [0.717, 1.165) is 0 Å². The number of carbonyl (C=O) groups is 2. The summed E-state index contributed by atoms with van der Waals surface area (Å²) in [4.78, 5) is 25.7. The van der Waals surface area contributed by atoms with Crippen molar-refractivity contribution in [3.8, 4) is 0 Å². The second kappa shape index (κ2) is 8.93. The molecule has 0 saturated heterocycles. The number of hydrogen-bond acceptors (Lipinski definition) is 3. The molecular weight excluding hydrogens is 417 g/mol. The zero-order chi connectivity index (χ0) is 21.8. The van der Waals surface area contributed by atoms with Crippen LogP contribution >= 0.6 is 11.6 Å². The minimum atomic E-state index is -0.464. The van der Waals surface area contributed by atoms with Gasteiger partial charge >= 0.3 is 0 Å². The Balaban J connectivity index is 1.52. The molecule has 1 N–H and O–H groups in total. The van der Waals surface area contributed by atoms with E-state index >= 15 is 0 Å². The lowest BCUT2D eigenvalue weighted by Gasteiger charge is -2.09. The first-order valence-corrected chi connectivity index (χ1v) is 9.86. The van der Waals surface area contributed by atoms with Crippen molar-refractivity contribution in [3.05, 3.63) is 118 Å². The highest BCUT2D eigenvalue weighted by Crippen LogP contribution is 2.18. The lowest BCUT2D eigenvalue weighted by Crippen LogP contribution is -2.17. The maximum Gasteiger partial charge on any atom is 0.257 e. The molecule has 1 aromatic heterocycles. The maximum absolute atomic E-state index is 13.8. The van der Waals surface area contributed by atoms with Gasteiger partial charge in [0.15, 0.2) is 11.6 Å². The Morgan fingerprint density at radius 2 is 1.58 bits per heavy atom. The Labute approximate surface area is 183 Å². The van der Waals surface area contributed by atoms with Gasteiger partial charge in [-0.15, -0.1) is 0 Å². The number of nitrogens with one attached hydrogen (secondary N) is 1. The van der Waals surface area contributed by atoms with Crippen LogP contribution in [0.2, 0.25) is 5.02 Å². The third kappa shape index (κ3) is 4.70. The van der Waals surface area contributed by atoms with Crippen molar-refractivity contribution < 1.29 is 14.0 Å². The number of anilines is 1. The predicted octanol–water partition coefficient (Wildman–Crippen LogP) is 5.21. The van der Waals surface area contributed by atoms with Gasteiger partial charge in [0.05, 0.1) is 12.1 Å². The molecule has 0 atom stereocenters. The molecule has 4 rings (SSSR count). The van der Waals surface area contributed by atoms with Crippen molar-refractivity contribution in [1.82, 2.24) is 9.78 Å². The number of aromatic nitrogens is 2. The van der Waals surface area contributed by atoms with E-state index < -0.39 is 5.91 Å². The van der Waals surface area contributed by atoms with Gasteiger partial charge in [0.1, 0.15) is 5.82 Å². The van der Waals surface area contributed by atoms with Gasteiger partial charge in [0, 0.05) is 34.0 Å². The van der Waals surface area contributed by atoms with Crippen LogP contribution in [0, 0.1) is 5.82 Å². The van der Waals surface area contributed by atoms with Gasteiger partial charge in [-0.25, -0.2) is 4.39 Å². The summed E-state index contributed by atoms with van der Waals surface area (Å²) >= 11 is 5.89. The van der Waals surface area contributed by atoms with Gasteiger partial charge in [-0.2, -0.15) is 5.10 Å². The highest BCUT2D eigenvalue weighted by atomic mass is 35.5. The molecule has 0 radical (unpaired) electrons. The second-order valence-electron chi connectivity index (χ2n) is 6.83. The van der Waals surface area contributed by atoms with Crippen molar-refractivity contribution in [2.45, 2.75) is 6.54 Å². The van der Waals surface area contributed by atoms with E-state index in [1.165, 1.54) is 10.7 Å². The van der Waals surface area contributed by atoms with E-state index in [0.29, 0.717) is 22.0 Å². The molecule has 3 aromatic carbocycles. The summed E-state index contributed by atoms with van der Waals surface area (Å²) < 4.78 is 15.4. The van der Waals surface area contributed by atoms with Crippen molar-refractivity contribution in [2.75, 3.05) is 5.32 Å². The van der Waals surface area contributed by atoms with Crippen LogP contribution in [0.3, 0.4) is 0 Å². The Morgan fingerprint density at radius 3 is 2.32 bits per heavy atom. The maximum atomic E-state index is 13.8. The molecule has 154 valence electrons. The third-order valence-corrected chi connectivity index (χ3v) is 4.95. The van der Waals surface area contributed by atoms with Crippen molar-refractivity contribution in [3.63, 3.8) is 0 Å². The van der Waals surface area contributed by atoms with Crippen LogP contribution in [0.5, 0.6) is 0 Å². The van der Waals surface area contributed by atoms with E-state index in [-0.39, 0.29) is 29.3 Å². The number of ketones is 1. The number of rotatable bonds is 6. The smallest absolute Gasteiger partial charge is 0.257 e. The van der Waals surface area contributed by atoms with Crippen molar-refractivity contribution in [1.29, 1.82) is 0 Å². The second-order valence-corrected chi connectivity index (χ2v) is 7.26. The molecule has 5 nitrogen and oxygen atoms in total. The summed E-state index contributed by atoms with van der Waals surface area (Å²) in [5.74, 6) is -0.769. The van der Waals surface area contributed by atoms with Crippen LogP contribution in [0.15, 0.2) is 85.1 Å². The molecule has 0 saturated carbocycles. The van der Waals surface area contributed by atoms with Crippen LogP contribution in [-0.4, -0.2) is 21.5 Å². The van der Waals surface area contributed by atoms with Crippen LogP contribution in [0.25, 0.3) is 0 Å². The molecule has 4 aromatic rings. The molecule has 1 heterocycles. The normalized spacial score (nSPS) is 10.6. The molecule has 0 spiro atoms. The summed E-state index contributed by atoms with van der Waals surface area (Å²) in [6, 6.07) is 21.1. The molecule has 0 aliphatic carbocycles. The van der Waals surface area contributed by atoms with Gasteiger partial charge in [-0.05, 0) is 36.4 Å². The fourth-order valence-corrected chi connectivity index (χ4v) is 3.26. The van der Waals surface area contributed by atoms with Gasteiger partial charge in [0.2, 0.25) is 0 Å². The Hall–Kier alpha value is -3.77. The molecule has 0 aliphatic heterocycles. The molecule has 31 heavy (non-hydrogen) atoms. The number of amides is 1. The lowest BCUT2D eigenvalue weighted by molar-refractivity contribution is 0.0996. The van der Waals surface area contributed by atoms with Gasteiger partial charge < -0.3 is 5.32 Å². The van der Waals surface area contributed by atoms with Crippen molar-refractivity contribution >= 4 is 29.1 Å². The van der Waals surface area contributed by atoms with E-state index in [2.05, 4.69) is 10.4 Å². The number of benzene rings is 3. The molecule has 7 heteroatoms. The fourth-order valence-electron chi connectivity index (χ4n) is 3.14. The Morgan fingerprint density at radius 1 is 0.903 bits per heavy atom. The van der Waals surface area contributed by atoms with Crippen molar-refractivity contribution in [2.24, 2.45) is 0 Å². The number of halogens is 2. The van der Waals surface area contributed by atoms with Gasteiger partial charge in [0.25, 0.3) is 5.91 Å². The highest BCUT2D eigenvalue weighted by Gasteiger charge is 2.19. The zero-order valence-corrected chi connectivity index (χ0v) is 17.0. The first kappa shape index (κ1) is 20.5. The molecular formula is C24H17ClFN3O2. The fraction of sp³-hybridized carbons (Fsp3) is 0.0417. The van der Waals surface area contributed by atoms with Crippen LogP contribution in [0.4, 0.5) is 10.2 Å². The SMILES string of the molecule is O=C(Nc1ccn(Cc2ccccc2F)n1)c1ccccc1C(=O)c1ccc(Cl)cc1. The van der Waals surface area contributed by atoms with E-state index in [9.17, 15) is 14.0 Å². The molecule has 0 unspecified atom stereocenters. The highest BCUT2D eigenvalue weighted by molar-refractivity contribution is 6.30. The van der Waals surface area contributed by atoms with E-state index in [1.54, 1.807) is 79.0 Å². The zero-order valence-electron chi connectivity index (χ0n) is 16.3. The van der Waals surface area contributed by atoms with Crippen LogP contribution in [-0.2, 0) is 6.54 Å². The molecule has 0 fully saturated rings. The lowest BCUT2D eigenvalue weighted by atomic mass is 9.98. The minimum absolute atomic E-state index is 0.228. The van der Waals surface area contributed by atoms with Gasteiger partial charge in [-0.3, -0.25) is 14.3 Å². The standard InChI is InChI=1S/C24H17ClFN3O2/c25-18-11-9-16(10-12-18)23(30)19-6-2-3-7-20(19)24(31)27-22-13-14-29(28-22)15-17-5-1-4-8-21(17)26/h1-14H,15H2,(H,27,28,31). The third-order valence-electron chi connectivity index (χ3n) is 4.70. The summed E-state index contributed by atoms with van der Waals surface area (Å²) in [6.45, 7) is 0.230. The number of nitrogens with zero attached hydrogens (tertiary/aromatic N) is 2. The number of hydrogen-bond donors (Lipinski definition) is 1. The first-order chi connectivity index (χ1) is 15.0. The number of carbonyl (C=O) groups excluding carboxylic acids is 2. The molecule has 0 bridgehead atoms. The molecule has 0 aliphatic rings. The van der Waals surface area contributed by atoms with Crippen LogP contribution < -0.4 is 5.32 Å². The van der Waals surface area contributed by atoms with E-state index in [1.807, 2.05) is 0 Å². The van der Waals surface area contributed by atoms with Gasteiger partial charge in [-0.1, -0.05) is 48.0 Å².